The number of hydrogen-bond donors (Lipinski definition) is 2. The number of fused-ring (bicyclic) bond motifs is 4. The van der Waals surface area contributed by atoms with E-state index in [0.717, 1.165) is 44.7 Å². The number of amides is 1. The molecular formula is C26H16N6O. The van der Waals surface area contributed by atoms with Crippen molar-refractivity contribution in [1.82, 2.24) is 25.3 Å². The highest BCUT2D eigenvalue weighted by Crippen LogP contribution is 2.47. The zero-order chi connectivity index (χ0) is 22.4. The standard InChI is InChI=1S/C26H16N6O/c27-13-16-12-15(8-11-29-16)26(33)32-24-18-5-2-1-4-17(18)23-19(24)6-3-7-20(23)25-30-21-9-10-28-14-22(21)31-25/h1-12,14,24H,(H,30,31)(H,32,33)/t24-/m1/s1. The molecule has 2 N–H and O–H groups in total. The molecule has 7 heteroatoms. The summed E-state index contributed by atoms with van der Waals surface area (Å²) in [4.78, 5) is 29.3. The number of pyridine rings is 2. The highest BCUT2D eigenvalue weighted by molar-refractivity contribution is 5.97. The lowest BCUT2D eigenvalue weighted by molar-refractivity contribution is 0.0943. The summed E-state index contributed by atoms with van der Waals surface area (Å²) in [5.41, 5.74) is 7.38. The number of rotatable bonds is 3. The van der Waals surface area contributed by atoms with Crippen LogP contribution in [0.3, 0.4) is 0 Å². The first kappa shape index (κ1) is 18.9. The van der Waals surface area contributed by atoms with Gasteiger partial charge in [-0.25, -0.2) is 9.97 Å². The molecule has 3 aromatic heterocycles. The Labute approximate surface area is 188 Å². The van der Waals surface area contributed by atoms with E-state index in [0.29, 0.717) is 5.56 Å². The Hall–Kier alpha value is -4.83. The van der Waals surface area contributed by atoms with Crippen molar-refractivity contribution in [1.29, 1.82) is 5.26 Å². The maximum atomic E-state index is 13.1. The fourth-order valence-electron chi connectivity index (χ4n) is 4.44. The summed E-state index contributed by atoms with van der Waals surface area (Å²) in [6.45, 7) is 0. The largest absolute Gasteiger partial charge is 0.341 e. The second kappa shape index (κ2) is 7.39. The minimum atomic E-state index is -0.326. The number of nitrogens with zero attached hydrogens (tertiary/aromatic N) is 4. The topological polar surface area (TPSA) is 107 Å². The van der Waals surface area contributed by atoms with Gasteiger partial charge in [0, 0.05) is 23.5 Å². The average molecular weight is 428 g/mol. The summed E-state index contributed by atoms with van der Waals surface area (Å²) < 4.78 is 0. The fourth-order valence-corrected chi connectivity index (χ4v) is 4.44. The quantitative estimate of drug-likeness (QED) is 0.443. The van der Waals surface area contributed by atoms with E-state index in [9.17, 15) is 4.79 Å². The number of imidazole rings is 1. The van der Waals surface area contributed by atoms with E-state index in [1.165, 1.54) is 12.3 Å². The van der Waals surface area contributed by atoms with Crippen LogP contribution in [0.15, 0.2) is 79.3 Å². The number of nitrogens with one attached hydrogen (secondary N) is 2. The highest BCUT2D eigenvalue weighted by Gasteiger charge is 2.32. The molecule has 1 amide bonds. The summed E-state index contributed by atoms with van der Waals surface area (Å²) in [6.07, 6.45) is 4.95. The van der Waals surface area contributed by atoms with Crippen LogP contribution in [0.4, 0.5) is 0 Å². The second-order valence-electron chi connectivity index (χ2n) is 7.78. The van der Waals surface area contributed by atoms with Crippen LogP contribution < -0.4 is 5.32 Å². The predicted octanol–water partition coefficient (Wildman–Crippen LogP) is 4.39. The van der Waals surface area contributed by atoms with Gasteiger partial charge < -0.3 is 10.3 Å². The van der Waals surface area contributed by atoms with Crippen LogP contribution in [0.2, 0.25) is 0 Å². The Bertz CT molecular complexity index is 1560. The van der Waals surface area contributed by atoms with E-state index in [-0.39, 0.29) is 17.6 Å². The maximum Gasteiger partial charge on any atom is 0.252 e. The maximum absolute atomic E-state index is 13.1. The number of aromatic nitrogens is 4. The Morgan fingerprint density at radius 2 is 1.85 bits per heavy atom. The molecule has 1 aliphatic carbocycles. The van der Waals surface area contributed by atoms with Gasteiger partial charge in [0.15, 0.2) is 0 Å². The molecule has 0 radical (unpaired) electrons. The van der Waals surface area contributed by atoms with Crippen molar-refractivity contribution in [3.05, 3.63) is 102 Å². The number of nitriles is 1. The second-order valence-corrected chi connectivity index (χ2v) is 7.78. The fraction of sp³-hybridized carbons (Fsp3) is 0.0385. The van der Waals surface area contributed by atoms with E-state index in [1.807, 2.05) is 48.5 Å². The van der Waals surface area contributed by atoms with Crippen molar-refractivity contribution < 1.29 is 4.79 Å². The molecule has 0 unspecified atom stereocenters. The molecule has 0 aliphatic heterocycles. The first-order valence-corrected chi connectivity index (χ1v) is 10.4. The van der Waals surface area contributed by atoms with Gasteiger partial charge in [0.2, 0.25) is 0 Å². The number of H-pyrrole nitrogens is 1. The van der Waals surface area contributed by atoms with Gasteiger partial charge >= 0.3 is 0 Å². The van der Waals surface area contributed by atoms with Crippen LogP contribution in [0.5, 0.6) is 0 Å². The van der Waals surface area contributed by atoms with Crippen LogP contribution in [0, 0.1) is 11.3 Å². The predicted molar refractivity (Wildman–Crippen MR) is 123 cm³/mol. The molecule has 2 aromatic carbocycles. The van der Waals surface area contributed by atoms with Gasteiger partial charge in [-0.05, 0) is 40.5 Å². The molecule has 7 nitrogen and oxygen atoms in total. The number of carbonyl (C=O) groups excluding carboxylic acids is 1. The number of carbonyl (C=O) groups is 1. The third kappa shape index (κ3) is 3.05. The molecule has 0 spiro atoms. The van der Waals surface area contributed by atoms with Crippen molar-refractivity contribution in [3.8, 4) is 28.6 Å². The number of aromatic amines is 1. The third-order valence-corrected chi connectivity index (χ3v) is 5.90. The Morgan fingerprint density at radius 1 is 1.00 bits per heavy atom. The Balaban J connectivity index is 1.47. The van der Waals surface area contributed by atoms with E-state index in [2.05, 4.69) is 26.3 Å². The molecule has 5 aromatic rings. The average Bonchev–Trinajstić information content (AvgIpc) is 3.44. The van der Waals surface area contributed by atoms with Gasteiger partial charge in [0.05, 0.1) is 23.3 Å². The molecule has 6 rings (SSSR count). The SMILES string of the molecule is N#Cc1cc(C(=O)N[C@@H]2c3ccccc3-c3c(-c4nc5ccncc5[nH]4)cccc32)ccn1. The summed E-state index contributed by atoms with van der Waals surface area (Å²) in [5, 5.41) is 12.3. The zero-order valence-corrected chi connectivity index (χ0v) is 17.3. The van der Waals surface area contributed by atoms with Crippen LogP contribution in [-0.4, -0.2) is 25.8 Å². The van der Waals surface area contributed by atoms with Crippen molar-refractivity contribution in [2.45, 2.75) is 6.04 Å². The summed E-state index contributed by atoms with van der Waals surface area (Å²) in [7, 11) is 0. The van der Waals surface area contributed by atoms with Gasteiger partial charge in [-0.1, -0.05) is 42.5 Å². The first-order valence-electron chi connectivity index (χ1n) is 10.4. The molecule has 1 atom stereocenters. The van der Waals surface area contributed by atoms with Crippen molar-refractivity contribution in [2.24, 2.45) is 0 Å². The Morgan fingerprint density at radius 3 is 2.73 bits per heavy atom. The van der Waals surface area contributed by atoms with E-state index >= 15 is 0 Å². The highest BCUT2D eigenvalue weighted by atomic mass is 16.1. The van der Waals surface area contributed by atoms with Crippen LogP contribution in [0.25, 0.3) is 33.5 Å². The van der Waals surface area contributed by atoms with E-state index in [4.69, 9.17) is 10.2 Å². The molecule has 0 bridgehead atoms. The van der Waals surface area contributed by atoms with Gasteiger partial charge in [-0.15, -0.1) is 0 Å². The molecule has 0 saturated heterocycles. The third-order valence-electron chi connectivity index (χ3n) is 5.90. The molecule has 3 heterocycles. The van der Waals surface area contributed by atoms with E-state index in [1.54, 1.807) is 18.5 Å². The van der Waals surface area contributed by atoms with Crippen LogP contribution in [0.1, 0.15) is 33.2 Å². The molecular weight excluding hydrogens is 412 g/mol. The molecule has 0 fully saturated rings. The summed E-state index contributed by atoms with van der Waals surface area (Å²) in [6, 6.07) is 20.7. The van der Waals surface area contributed by atoms with Gasteiger partial charge in [0.1, 0.15) is 17.6 Å². The lowest BCUT2D eigenvalue weighted by Crippen LogP contribution is -2.28. The van der Waals surface area contributed by atoms with E-state index < -0.39 is 0 Å². The number of hydrogen-bond acceptors (Lipinski definition) is 5. The lowest BCUT2D eigenvalue weighted by Gasteiger charge is -2.16. The van der Waals surface area contributed by atoms with Crippen LogP contribution in [-0.2, 0) is 0 Å². The summed E-state index contributed by atoms with van der Waals surface area (Å²) >= 11 is 0. The Kier molecular flexibility index (Phi) is 4.23. The minimum Gasteiger partial charge on any atom is -0.341 e. The molecule has 1 aliphatic rings. The normalized spacial score (nSPS) is 13.8. The van der Waals surface area contributed by atoms with Gasteiger partial charge in [-0.3, -0.25) is 9.78 Å². The van der Waals surface area contributed by atoms with Crippen LogP contribution >= 0.6 is 0 Å². The molecule has 156 valence electrons. The van der Waals surface area contributed by atoms with Crippen molar-refractivity contribution in [2.75, 3.05) is 0 Å². The van der Waals surface area contributed by atoms with Gasteiger partial charge in [-0.2, -0.15) is 5.26 Å². The lowest BCUT2D eigenvalue weighted by atomic mass is 9.98. The first-order chi connectivity index (χ1) is 16.2. The zero-order valence-electron chi connectivity index (χ0n) is 17.3. The minimum absolute atomic E-state index is 0.205. The molecule has 0 saturated carbocycles. The van der Waals surface area contributed by atoms with Gasteiger partial charge in [0.25, 0.3) is 5.91 Å². The molecule has 33 heavy (non-hydrogen) atoms. The number of benzene rings is 2. The smallest absolute Gasteiger partial charge is 0.252 e. The monoisotopic (exact) mass is 428 g/mol. The summed E-state index contributed by atoms with van der Waals surface area (Å²) in [5.74, 6) is 0.492. The van der Waals surface area contributed by atoms with Crippen molar-refractivity contribution >= 4 is 16.9 Å². The van der Waals surface area contributed by atoms with Crippen molar-refractivity contribution in [3.63, 3.8) is 0 Å².